The highest BCUT2D eigenvalue weighted by Gasteiger charge is 2.34. The molecule has 3 aromatic carbocycles. The van der Waals surface area contributed by atoms with Crippen LogP contribution in [-0.2, 0) is 17.5 Å². The minimum Gasteiger partial charge on any atom is -0.481 e. The topological polar surface area (TPSA) is 75.4 Å². The first-order chi connectivity index (χ1) is 16.1. The first-order valence-electron chi connectivity index (χ1n) is 10.1. The van der Waals surface area contributed by atoms with Crippen LogP contribution in [0.4, 0.5) is 13.2 Å². The zero-order chi connectivity index (χ0) is 24.5. The highest BCUT2D eigenvalue weighted by atomic mass is 35.5. The summed E-state index contributed by atoms with van der Waals surface area (Å²) in [5, 5.41) is 12.1. The van der Waals surface area contributed by atoms with Gasteiger partial charge in [-0.3, -0.25) is 4.79 Å². The van der Waals surface area contributed by atoms with Crippen LogP contribution in [0, 0.1) is 0 Å². The molecule has 0 amide bonds. The minimum absolute atomic E-state index is 0.0333. The second-order valence-electron chi connectivity index (χ2n) is 7.46. The van der Waals surface area contributed by atoms with E-state index < -0.39 is 17.7 Å². The number of hydrogen-bond acceptors (Lipinski definition) is 4. The summed E-state index contributed by atoms with van der Waals surface area (Å²) in [5.41, 5.74) is 0.746. The molecule has 0 atom stereocenters. The number of oxazole rings is 1. The second-order valence-corrected chi connectivity index (χ2v) is 8.25. The Morgan fingerprint density at radius 1 is 1.06 bits per heavy atom. The molecule has 4 aromatic rings. The Balaban J connectivity index is 1.72. The molecule has 1 aromatic heterocycles. The predicted molar refractivity (Wildman–Crippen MR) is 124 cm³/mol. The molecule has 0 bridgehead atoms. The fourth-order valence-corrected chi connectivity index (χ4v) is 4.13. The van der Waals surface area contributed by atoms with E-state index in [1.54, 1.807) is 30.3 Å². The van der Waals surface area contributed by atoms with Gasteiger partial charge in [-0.2, -0.15) is 13.2 Å². The number of nitrogens with zero attached hydrogens (tertiary/aromatic N) is 1. The lowest BCUT2D eigenvalue weighted by molar-refractivity contribution is -0.137. The molecule has 0 saturated carbocycles. The Kier molecular flexibility index (Phi) is 6.84. The van der Waals surface area contributed by atoms with Crippen molar-refractivity contribution in [3.63, 3.8) is 0 Å². The molecule has 0 aliphatic heterocycles. The van der Waals surface area contributed by atoms with Crippen molar-refractivity contribution in [1.82, 2.24) is 10.3 Å². The Labute approximate surface area is 202 Å². The molecule has 1 heterocycles. The van der Waals surface area contributed by atoms with E-state index in [1.807, 2.05) is 0 Å². The largest absolute Gasteiger partial charge is 0.481 e. The molecule has 2 N–H and O–H groups in total. The van der Waals surface area contributed by atoms with Crippen LogP contribution in [-0.4, -0.2) is 22.6 Å². The highest BCUT2D eigenvalue weighted by molar-refractivity contribution is 6.39. The molecule has 10 heteroatoms. The highest BCUT2D eigenvalue weighted by Crippen LogP contribution is 2.41. The SMILES string of the molecule is O=C(O)CCNCc1c(Cl)cc2nc(-c3ccc(-c4ccccc4)c(C(F)(F)F)c3)oc2c1Cl. The summed E-state index contributed by atoms with van der Waals surface area (Å²) in [6, 6.07) is 13.7. The monoisotopic (exact) mass is 508 g/mol. The quantitative estimate of drug-likeness (QED) is 0.261. The van der Waals surface area contributed by atoms with Crippen molar-refractivity contribution in [2.45, 2.75) is 19.1 Å². The van der Waals surface area contributed by atoms with Crippen molar-refractivity contribution in [2.75, 3.05) is 6.54 Å². The number of benzene rings is 3. The molecule has 0 fully saturated rings. The van der Waals surface area contributed by atoms with Crippen molar-refractivity contribution in [3.05, 3.63) is 75.8 Å². The van der Waals surface area contributed by atoms with Crippen molar-refractivity contribution >= 4 is 40.3 Å². The third-order valence-electron chi connectivity index (χ3n) is 5.14. The van der Waals surface area contributed by atoms with E-state index in [4.69, 9.17) is 32.7 Å². The average molecular weight is 509 g/mol. The van der Waals surface area contributed by atoms with Crippen LogP contribution in [0.1, 0.15) is 17.5 Å². The fourth-order valence-electron chi connectivity index (χ4n) is 3.51. The Bertz CT molecular complexity index is 1360. The Morgan fingerprint density at radius 3 is 2.47 bits per heavy atom. The standard InChI is InChI=1S/C24H17Cl2F3N2O3/c25-18-11-19-22(21(26)16(18)12-30-9-8-20(32)33)34-23(31-19)14-6-7-15(13-4-2-1-3-5-13)17(10-14)24(27,28)29/h1-7,10-11,30H,8-9,12H2,(H,32,33). The summed E-state index contributed by atoms with van der Waals surface area (Å²) >= 11 is 12.8. The van der Waals surface area contributed by atoms with Gasteiger partial charge in [0.25, 0.3) is 0 Å². The molecule has 0 unspecified atom stereocenters. The molecule has 5 nitrogen and oxygen atoms in total. The number of halogens is 5. The van der Waals surface area contributed by atoms with Crippen LogP contribution in [0.2, 0.25) is 10.0 Å². The number of aliphatic carboxylic acids is 1. The second kappa shape index (κ2) is 9.66. The number of rotatable bonds is 7. The smallest absolute Gasteiger partial charge is 0.417 e. The summed E-state index contributed by atoms with van der Waals surface area (Å²) in [7, 11) is 0. The summed E-state index contributed by atoms with van der Waals surface area (Å²) < 4.78 is 47.4. The van der Waals surface area contributed by atoms with Gasteiger partial charge in [-0.25, -0.2) is 4.98 Å². The minimum atomic E-state index is -4.59. The van der Waals surface area contributed by atoms with Crippen LogP contribution in [0.3, 0.4) is 0 Å². The summed E-state index contributed by atoms with van der Waals surface area (Å²) in [4.78, 5) is 14.9. The normalized spacial score (nSPS) is 11.8. The fraction of sp³-hybridized carbons (Fsp3) is 0.167. The van der Waals surface area contributed by atoms with Crippen molar-refractivity contribution in [3.8, 4) is 22.6 Å². The van der Waals surface area contributed by atoms with Crippen LogP contribution in [0.25, 0.3) is 33.7 Å². The van der Waals surface area contributed by atoms with Gasteiger partial charge in [-0.1, -0.05) is 59.6 Å². The maximum atomic E-state index is 13.9. The predicted octanol–water partition coefficient (Wildman–Crippen LogP) is 7.05. The van der Waals surface area contributed by atoms with Crippen LogP contribution in [0.15, 0.2) is 59.0 Å². The maximum absolute atomic E-state index is 13.9. The zero-order valence-electron chi connectivity index (χ0n) is 17.4. The third kappa shape index (κ3) is 5.04. The molecule has 4 rings (SSSR count). The van der Waals surface area contributed by atoms with E-state index in [0.29, 0.717) is 16.6 Å². The van der Waals surface area contributed by atoms with Gasteiger partial charge in [-0.05, 0) is 29.3 Å². The summed E-state index contributed by atoms with van der Waals surface area (Å²) in [5.74, 6) is -0.981. The molecule has 0 saturated heterocycles. The molecule has 176 valence electrons. The molecular formula is C24H17Cl2F3N2O3. The molecule has 34 heavy (non-hydrogen) atoms. The number of nitrogens with one attached hydrogen (secondary N) is 1. The number of carboxylic acid groups (broad SMARTS) is 1. The van der Waals surface area contributed by atoms with Gasteiger partial charge < -0.3 is 14.8 Å². The van der Waals surface area contributed by atoms with Crippen LogP contribution in [0.5, 0.6) is 0 Å². The number of aromatic nitrogens is 1. The van der Waals surface area contributed by atoms with E-state index in [9.17, 15) is 18.0 Å². The number of fused-ring (bicyclic) bond motifs is 1. The van der Waals surface area contributed by atoms with E-state index in [0.717, 1.165) is 6.07 Å². The molecule has 0 aliphatic rings. The van der Waals surface area contributed by atoms with Crippen molar-refractivity contribution in [1.29, 1.82) is 0 Å². The van der Waals surface area contributed by atoms with Gasteiger partial charge in [0.15, 0.2) is 5.58 Å². The Morgan fingerprint density at radius 2 is 1.79 bits per heavy atom. The van der Waals surface area contributed by atoms with Crippen molar-refractivity contribution < 1.29 is 27.5 Å². The van der Waals surface area contributed by atoms with E-state index in [1.165, 1.54) is 18.2 Å². The number of carboxylic acids is 1. The van der Waals surface area contributed by atoms with E-state index in [2.05, 4.69) is 10.3 Å². The van der Waals surface area contributed by atoms with Crippen molar-refractivity contribution in [2.24, 2.45) is 0 Å². The van der Waals surface area contributed by atoms with Crippen LogP contribution < -0.4 is 5.32 Å². The number of hydrogen-bond donors (Lipinski definition) is 2. The van der Waals surface area contributed by atoms with Gasteiger partial charge in [0, 0.05) is 29.2 Å². The van der Waals surface area contributed by atoms with Gasteiger partial charge in [0.1, 0.15) is 5.52 Å². The molecule has 0 spiro atoms. The van der Waals surface area contributed by atoms with Gasteiger partial charge in [0.05, 0.1) is 17.0 Å². The van der Waals surface area contributed by atoms with Gasteiger partial charge in [-0.15, -0.1) is 0 Å². The number of carbonyl (C=O) groups is 1. The molecule has 0 radical (unpaired) electrons. The van der Waals surface area contributed by atoms with Gasteiger partial charge in [0.2, 0.25) is 5.89 Å². The lowest BCUT2D eigenvalue weighted by atomic mass is 9.97. The summed E-state index contributed by atoms with van der Waals surface area (Å²) in [6.45, 7) is 0.385. The Hall–Kier alpha value is -3.07. The lowest BCUT2D eigenvalue weighted by Crippen LogP contribution is -2.18. The lowest BCUT2D eigenvalue weighted by Gasteiger charge is -2.14. The summed E-state index contributed by atoms with van der Waals surface area (Å²) in [6.07, 6.45) is -4.67. The first-order valence-corrected chi connectivity index (χ1v) is 10.9. The van der Waals surface area contributed by atoms with E-state index in [-0.39, 0.29) is 52.2 Å². The van der Waals surface area contributed by atoms with E-state index >= 15 is 0 Å². The van der Waals surface area contributed by atoms with Crippen LogP contribution >= 0.6 is 23.2 Å². The zero-order valence-corrected chi connectivity index (χ0v) is 18.9. The number of alkyl halides is 3. The van der Waals surface area contributed by atoms with Gasteiger partial charge >= 0.3 is 12.1 Å². The molecular weight excluding hydrogens is 492 g/mol. The maximum Gasteiger partial charge on any atom is 0.417 e. The average Bonchev–Trinajstić information content (AvgIpc) is 3.22. The molecule has 0 aliphatic carbocycles. The third-order valence-corrected chi connectivity index (χ3v) is 5.88. The first kappa shape index (κ1) is 24.1.